The van der Waals surface area contributed by atoms with Crippen molar-refractivity contribution in [2.24, 2.45) is 11.8 Å². The molecule has 0 aliphatic heterocycles. The molecule has 0 amide bonds. The molecule has 3 aromatic carbocycles. The highest BCUT2D eigenvalue weighted by molar-refractivity contribution is 5.72. The van der Waals surface area contributed by atoms with Gasteiger partial charge < -0.3 is 0 Å². The molecule has 0 heterocycles. The summed E-state index contributed by atoms with van der Waals surface area (Å²) in [6.45, 7) is 2.20. The molecule has 1 saturated carbocycles. The molecule has 1 fully saturated rings. The first-order chi connectivity index (χ1) is 18.0. The van der Waals surface area contributed by atoms with Crippen LogP contribution in [0.5, 0.6) is 0 Å². The largest absolute Gasteiger partial charge is 0.422 e. The van der Waals surface area contributed by atoms with Crippen LogP contribution in [0.4, 0.5) is 35.1 Å². The Labute approximate surface area is 216 Å². The quantitative estimate of drug-likeness (QED) is 0.262. The van der Waals surface area contributed by atoms with Crippen LogP contribution in [0.2, 0.25) is 0 Å². The van der Waals surface area contributed by atoms with E-state index in [1.54, 1.807) is 6.07 Å². The lowest BCUT2D eigenvalue weighted by Crippen LogP contribution is -2.15. The molecule has 0 saturated heterocycles. The Morgan fingerprint density at radius 2 is 1.18 bits per heavy atom. The van der Waals surface area contributed by atoms with Gasteiger partial charge in [-0.05, 0) is 71.7 Å². The van der Waals surface area contributed by atoms with E-state index in [4.69, 9.17) is 0 Å². The van der Waals surface area contributed by atoms with Crippen LogP contribution >= 0.6 is 0 Å². The van der Waals surface area contributed by atoms with Gasteiger partial charge in [0.1, 0.15) is 34.6 Å². The fourth-order valence-electron chi connectivity index (χ4n) is 5.53. The highest BCUT2D eigenvalue weighted by Gasteiger charge is 2.38. The minimum absolute atomic E-state index is 0.0667. The van der Waals surface area contributed by atoms with E-state index in [0.717, 1.165) is 30.0 Å². The topological polar surface area (TPSA) is 0 Å². The Kier molecular flexibility index (Phi) is 8.48. The second-order valence-corrected chi connectivity index (χ2v) is 10.2. The average Bonchev–Trinajstić information content (AvgIpc) is 2.82. The van der Waals surface area contributed by atoms with Crippen LogP contribution in [0.15, 0.2) is 42.5 Å². The molecular weight excluding hydrogens is 512 g/mol. The van der Waals surface area contributed by atoms with Crippen molar-refractivity contribution in [3.05, 3.63) is 82.7 Å². The van der Waals surface area contributed by atoms with Crippen LogP contribution in [0.1, 0.15) is 63.0 Å². The Morgan fingerprint density at radius 3 is 1.68 bits per heavy atom. The number of hydrogen-bond acceptors (Lipinski definition) is 0. The molecule has 204 valence electrons. The Balaban J connectivity index is 1.51. The first kappa shape index (κ1) is 28.1. The van der Waals surface area contributed by atoms with Crippen molar-refractivity contribution in [2.75, 3.05) is 0 Å². The van der Waals surface area contributed by atoms with Crippen LogP contribution in [-0.4, -0.2) is 0 Å². The van der Waals surface area contributed by atoms with E-state index >= 15 is 0 Å². The van der Waals surface area contributed by atoms with Gasteiger partial charge in [-0.15, -0.1) is 0 Å². The predicted octanol–water partition coefficient (Wildman–Crippen LogP) is 10.3. The van der Waals surface area contributed by atoms with Crippen molar-refractivity contribution >= 4 is 0 Å². The highest BCUT2D eigenvalue weighted by Crippen LogP contribution is 2.38. The Morgan fingerprint density at radius 1 is 0.658 bits per heavy atom. The van der Waals surface area contributed by atoms with Gasteiger partial charge in [0.25, 0.3) is 0 Å². The summed E-state index contributed by atoms with van der Waals surface area (Å²) in [4.78, 5) is 0. The van der Waals surface area contributed by atoms with Crippen LogP contribution in [-0.2, 0) is 12.6 Å². The zero-order valence-electron chi connectivity index (χ0n) is 20.9. The molecule has 0 atom stereocenters. The molecule has 1 aliphatic rings. The summed E-state index contributed by atoms with van der Waals surface area (Å²) in [7, 11) is 0. The van der Waals surface area contributed by atoms with Gasteiger partial charge in [-0.3, -0.25) is 0 Å². The molecule has 1 aliphatic carbocycles. The van der Waals surface area contributed by atoms with Gasteiger partial charge in [-0.2, -0.15) is 13.2 Å². The van der Waals surface area contributed by atoms with Crippen molar-refractivity contribution < 1.29 is 35.1 Å². The van der Waals surface area contributed by atoms with Crippen molar-refractivity contribution in [1.82, 2.24) is 0 Å². The number of benzene rings is 3. The van der Waals surface area contributed by atoms with Gasteiger partial charge in [0.2, 0.25) is 0 Å². The first-order valence-electron chi connectivity index (χ1n) is 12.8. The van der Waals surface area contributed by atoms with E-state index in [9.17, 15) is 35.1 Å². The lowest BCUT2D eigenvalue weighted by atomic mass is 9.78. The summed E-state index contributed by atoms with van der Waals surface area (Å²) in [6.07, 6.45) is 3.57. The van der Waals surface area contributed by atoms with Gasteiger partial charge >= 0.3 is 6.18 Å². The normalized spacial score (nSPS) is 18.1. The molecule has 8 heteroatoms. The second kappa shape index (κ2) is 11.5. The number of rotatable bonds is 7. The molecular formula is C30H28F8. The summed E-state index contributed by atoms with van der Waals surface area (Å²) in [5.41, 5.74) is -3.24. The SMILES string of the molecule is CCCC1CCC(CCc2ccc(-c3cc(F)c(-c4cc(F)c(C(F)(F)F)c(F)c4)c(F)c3)c(F)c2)CC1. The molecule has 0 nitrogen and oxygen atoms in total. The van der Waals surface area contributed by atoms with E-state index in [1.165, 1.54) is 50.7 Å². The number of hydrogen-bond donors (Lipinski definition) is 0. The molecule has 0 unspecified atom stereocenters. The van der Waals surface area contributed by atoms with Gasteiger partial charge in [0, 0.05) is 5.56 Å². The molecule has 0 N–H and O–H groups in total. The van der Waals surface area contributed by atoms with Crippen molar-refractivity contribution in [3.63, 3.8) is 0 Å². The fourth-order valence-corrected chi connectivity index (χ4v) is 5.53. The maximum absolute atomic E-state index is 14.9. The van der Waals surface area contributed by atoms with Gasteiger partial charge in [-0.1, -0.05) is 57.6 Å². The average molecular weight is 541 g/mol. The molecule has 0 bridgehead atoms. The van der Waals surface area contributed by atoms with Gasteiger partial charge in [0.15, 0.2) is 0 Å². The third-order valence-electron chi connectivity index (χ3n) is 7.51. The van der Waals surface area contributed by atoms with E-state index in [-0.39, 0.29) is 23.3 Å². The lowest BCUT2D eigenvalue weighted by molar-refractivity contribution is -0.142. The smallest absolute Gasteiger partial charge is 0.206 e. The van der Waals surface area contributed by atoms with Crippen LogP contribution < -0.4 is 0 Å². The maximum Gasteiger partial charge on any atom is 0.422 e. The third kappa shape index (κ3) is 6.21. The molecule has 3 aromatic rings. The molecule has 4 rings (SSSR count). The summed E-state index contributed by atoms with van der Waals surface area (Å²) in [5.74, 6) is -5.84. The van der Waals surface area contributed by atoms with E-state index in [2.05, 4.69) is 6.92 Å². The van der Waals surface area contributed by atoms with E-state index in [0.29, 0.717) is 12.3 Å². The van der Waals surface area contributed by atoms with Crippen LogP contribution in [0.25, 0.3) is 22.3 Å². The number of halogens is 8. The van der Waals surface area contributed by atoms with Crippen molar-refractivity contribution in [2.45, 2.75) is 64.5 Å². The predicted molar refractivity (Wildman–Crippen MR) is 131 cm³/mol. The van der Waals surface area contributed by atoms with E-state index < -0.39 is 52.0 Å². The third-order valence-corrected chi connectivity index (χ3v) is 7.51. The summed E-state index contributed by atoms with van der Waals surface area (Å²) >= 11 is 0. The maximum atomic E-state index is 14.9. The monoisotopic (exact) mass is 540 g/mol. The zero-order chi connectivity index (χ0) is 27.6. The van der Waals surface area contributed by atoms with Crippen LogP contribution in [0.3, 0.4) is 0 Å². The van der Waals surface area contributed by atoms with Crippen molar-refractivity contribution in [1.29, 1.82) is 0 Å². The molecule has 0 aromatic heterocycles. The highest BCUT2D eigenvalue weighted by atomic mass is 19.4. The second-order valence-electron chi connectivity index (χ2n) is 10.2. The van der Waals surface area contributed by atoms with Gasteiger partial charge in [0.05, 0.1) is 5.56 Å². The van der Waals surface area contributed by atoms with Crippen molar-refractivity contribution in [3.8, 4) is 22.3 Å². The Hall–Kier alpha value is -2.90. The first-order valence-corrected chi connectivity index (χ1v) is 12.8. The molecule has 38 heavy (non-hydrogen) atoms. The molecule has 0 spiro atoms. The summed E-state index contributed by atoms with van der Waals surface area (Å²) < 4.78 is 111. The summed E-state index contributed by atoms with van der Waals surface area (Å²) in [6, 6.07) is 6.48. The zero-order valence-corrected chi connectivity index (χ0v) is 20.9. The minimum Gasteiger partial charge on any atom is -0.206 e. The minimum atomic E-state index is -5.31. The molecule has 0 radical (unpaired) electrons. The standard InChI is InChI=1S/C30H28F8/c1-2-3-17-4-6-18(7-5-17)8-9-19-10-11-22(23(31)12-19)20-13-24(32)28(25(33)14-20)21-15-26(34)29(27(35)16-21)30(36,37)38/h10-18H,2-9H2,1H3. The lowest BCUT2D eigenvalue weighted by Gasteiger charge is -2.28. The Bertz CT molecular complexity index is 1240. The van der Waals surface area contributed by atoms with E-state index in [1.807, 2.05) is 0 Å². The number of aryl methyl sites for hydroxylation is 1. The summed E-state index contributed by atoms with van der Waals surface area (Å²) in [5, 5.41) is 0. The fraction of sp³-hybridized carbons (Fsp3) is 0.400. The van der Waals surface area contributed by atoms with Gasteiger partial charge in [-0.25, -0.2) is 22.0 Å². The van der Waals surface area contributed by atoms with Crippen LogP contribution in [0, 0.1) is 40.9 Å². The number of alkyl halides is 3.